The average molecular weight is 375 g/mol. The summed E-state index contributed by atoms with van der Waals surface area (Å²) >= 11 is 0. The molecule has 1 aliphatic rings. The number of pyridine rings is 1. The fourth-order valence-electron chi connectivity index (χ4n) is 4.04. The van der Waals surface area contributed by atoms with Crippen molar-refractivity contribution in [1.29, 1.82) is 0 Å². The molecule has 1 fully saturated rings. The van der Waals surface area contributed by atoms with Gasteiger partial charge in [-0.05, 0) is 56.1 Å². The van der Waals surface area contributed by atoms with Gasteiger partial charge in [0.05, 0.1) is 12.2 Å². The van der Waals surface area contributed by atoms with Crippen molar-refractivity contribution < 1.29 is 4.39 Å². The second-order valence-electron chi connectivity index (χ2n) is 7.43. The Balaban J connectivity index is 1.55. The molecule has 142 valence electrons. The van der Waals surface area contributed by atoms with Crippen molar-refractivity contribution in [3.8, 4) is 22.3 Å². The molecule has 28 heavy (non-hydrogen) atoms. The summed E-state index contributed by atoms with van der Waals surface area (Å²) in [5.74, 6) is -0.195. The highest BCUT2D eigenvalue weighted by Gasteiger charge is 2.17. The van der Waals surface area contributed by atoms with E-state index in [1.165, 1.54) is 6.07 Å². The predicted molar refractivity (Wildman–Crippen MR) is 109 cm³/mol. The Bertz CT molecular complexity index is 1140. The zero-order valence-electron chi connectivity index (χ0n) is 15.7. The van der Waals surface area contributed by atoms with Gasteiger partial charge in [-0.3, -0.25) is 4.68 Å². The average Bonchev–Trinajstić information content (AvgIpc) is 3.38. The van der Waals surface area contributed by atoms with E-state index in [1.807, 2.05) is 31.6 Å². The number of piperidine rings is 1. The number of aromatic nitrogens is 4. The fraction of sp³-hybridized carbons (Fsp3) is 0.273. The van der Waals surface area contributed by atoms with Crippen molar-refractivity contribution in [3.05, 3.63) is 60.4 Å². The van der Waals surface area contributed by atoms with Gasteiger partial charge in [-0.2, -0.15) is 5.10 Å². The normalized spacial score (nSPS) is 15.4. The quantitative estimate of drug-likeness (QED) is 0.556. The number of hydrogen-bond acceptors (Lipinski definition) is 3. The highest BCUT2D eigenvalue weighted by atomic mass is 19.1. The van der Waals surface area contributed by atoms with Crippen LogP contribution in [0.5, 0.6) is 0 Å². The van der Waals surface area contributed by atoms with E-state index in [1.54, 1.807) is 6.07 Å². The second kappa shape index (κ2) is 6.87. The highest BCUT2D eigenvalue weighted by molar-refractivity contribution is 5.96. The predicted octanol–water partition coefficient (Wildman–Crippen LogP) is 4.47. The number of fused-ring (bicyclic) bond motifs is 1. The number of nitrogens with one attached hydrogen (secondary N) is 2. The summed E-state index contributed by atoms with van der Waals surface area (Å²) in [5.41, 5.74) is 5.36. The van der Waals surface area contributed by atoms with Gasteiger partial charge in [-0.1, -0.05) is 12.1 Å². The molecule has 4 aromatic rings. The lowest BCUT2D eigenvalue weighted by Gasteiger charge is -2.22. The summed E-state index contributed by atoms with van der Waals surface area (Å²) in [4.78, 5) is 7.79. The lowest BCUT2D eigenvalue weighted by Crippen LogP contribution is -2.29. The van der Waals surface area contributed by atoms with Gasteiger partial charge in [0, 0.05) is 40.7 Å². The molecule has 0 saturated carbocycles. The van der Waals surface area contributed by atoms with Gasteiger partial charge in [0.25, 0.3) is 0 Å². The maximum Gasteiger partial charge on any atom is 0.137 e. The third kappa shape index (κ3) is 2.90. The zero-order chi connectivity index (χ0) is 19.1. The molecule has 0 atom stereocenters. The Morgan fingerprint density at radius 3 is 2.82 bits per heavy atom. The summed E-state index contributed by atoms with van der Waals surface area (Å²) in [5, 5.41) is 8.97. The topological polar surface area (TPSA) is 58.5 Å². The first-order chi connectivity index (χ1) is 13.7. The van der Waals surface area contributed by atoms with Gasteiger partial charge >= 0.3 is 0 Å². The minimum atomic E-state index is -0.195. The number of rotatable bonds is 3. The van der Waals surface area contributed by atoms with Crippen LogP contribution in [0, 0.1) is 12.7 Å². The largest absolute Gasteiger partial charge is 0.346 e. The molecule has 1 aliphatic heterocycles. The van der Waals surface area contributed by atoms with Crippen LogP contribution in [0.1, 0.15) is 24.4 Å². The molecule has 0 spiro atoms. The minimum Gasteiger partial charge on any atom is -0.346 e. The van der Waals surface area contributed by atoms with E-state index >= 15 is 0 Å². The van der Waals surface area contributed by atoms with Crippen LogP contribution < -0.4 is 5.32 Å². The van der Waals surface area contributed by atoms with E-state index in [2.05, 4.69) is 37.3 Å². The van der Waals surface area contributed by atoms with Gasteiger partial charge in [0.15, 0.2) is 0 Å². The summed E-state index contributed by atoms with van der Waals surface area (Å²) < 4.78 is 16.1. The van der Waals surface area contributed by atoms with E-state index < -0.39 is 0 Å². The van der Waals surface area contributed by atoms with Gasteiger partial charge in [0.2, 0.25) is 0 Å². The molecule has 4 heterocycles. The number of H-pyrrole nitrogens is 1. The minimum absolute atomic E-state index is 0.195. The Kier molecular flexibility index (Phi) is 4.20. The van der Waals surface area contributed by atoms with Crippen molar-refractivity contribution in [2.75, 3.05) is 13.1 Å². The van der Waals surface area contributed by atoms with Crippen molar-refractivity contribution in [1.82, 2.24) is 25.1 Å². The third-order valence-electron chi connectivity index (χ3n) is 5.71. The molecule has 2 N–H and O–H groups in total. The number of aromatic amines is 1. The molecular weight excluding hydrogens is 353 g/mol. The van der Waals surface area contributed by atoms with E-state index in [-0.39, 0.29) is 5.82 Å². The van der Waals surface area contributed by atoms with Crippen molar-refractivity contribution in [2.45, 2.75) is 25.8 Å². The van der Waals surface area contributed by atoms with Crippen LogP contribution in [-0.2, 0) is 0 Å². The number of halogens is 1. The lowest BCUT2D eigenvalue weighted by molar-refractivity contribution is 0.343. The van der Waals surface area contributed by atoms with Crippen LogP contribution in [0.25, 0.3) is 33.3 Å². The van der Waals surface area contributed by atoms with Gasteiger partial charge in [-0.25, -0.2) is 9.37 Å². The third-order valence-corrected chi connectivity index (χ3v) is 5.71. The number of benzene rings is 1. The summed E-state index contributed by atoms with van der Waals surface area (Å²) in [6, 6.07) is 7.75. The van der Waals surface area contributed by atoms with Crippen LogP contribution >= 0.6 is 0 Å². The SMILES string of the molecule is Cc1c(F)cccc1-c1c[nH]c2ncc(-c3cnn(C4CCNCC4)c3)cc12. The lowest BCUT2D eigenvalue weighted by atomic mass is 9.99. The summed E-state index contributed by atoms with van der Waals surface area (Å²) in [6.45, 7) is 3.88. The molecule has 0 aliphatic carbocycles. The second-order valence-corrected chi connectivity index (χ2v) is 7.43. The van der Waals surface area contributed by atoms with Crippen molar-refractivity contribution in [3.63, 3.8) is 0 Å². The first kappa shape index (κ1) is 17.1. The molecule has 1 saturated heterocycles. The molecule has 5 nitrogen and oxygen atoms in total. The monoisotopic (exact) mass is 375 g/mol. The van der Waals surface area contributed by atoms with E-state index in [4.69, 9.17) is 0 Å². The van der Waals surface area contributed by atoms with Crippen LogP contribution in [0.3, 0.4) is 0 Å². The Labute approximate surface area is 162 Å². The molecule has 0 bridgehead atoms. The first-order valence-corrected chi connectivity index (χ1v) is 9.68. The van der Waals surface area contributed by atoms with Crippen LogP contribution in [0.15, 0.2) is 49.1 Å². The Morgan fingerprint density at radius 1 is 1.11 bits per heavy atom. The Hall–Kier alpha value is -2.99. The van der Waals surface area contributed by atoms with Crippen molar-refractivity contribution >= 4 is 11.0 Å². The van der Waals surface area contributed by atoms with Crippen molar-refractivity contribution in [2.24, 2.45) is 0 Å². The molecule has 0 radical (unpaired) electrons. The number of nitrogens with zero attached hydrogens (tertiary/aromatic N) is 3. The van der Waals surface area contributed by atoms with Crippen LogP contribution in [0.2, 0.25) is 0 Å². The molecule has 6 heteroatoms. The van der Waals surface area contributed by atoms with E-state index in [0.717, 1.165) is 59.2 Å². The summed E-state index contributed by atoms with van der Waals surface area (Å²) in [6.07, 6.45) is 9.98. The maximum atomic E-state index is 14.1. The molecule has 1 aromatic carbocycles. The highest BCUT2D eigenvalue weighted by Crippen LogP contribution is 2.33. The zero-order valence-corrected chi connectivity index (χ0v) is 15.7. The molecule has 5 rings (SSSR count). The van der Waals surface area contributed by atoms with E-state index in [0.29, 0.717) is 11.6 Å². The maximum absolute atomic E-state index is 14.1. The molecule has 0 amide bonds. The van der Waals surface area contributed by atoms with E-state index in [9.17, 15) is 4.39 Å². The molecule has 0 unspecified atom stereocenters. The number of hydrogen-bond donors (Lipinski definition) is 2. The van der Waals surface area contributed by atoms with Gasteiger partial charge in [0.1, 0.15) is 11.5 Å². The van der Waals surface area contributed by atoms with Crippen LogP contribution in [0.4, 0.5) is 4.39 Å². The smallest absolute Gasteiger partial charge is 0.137 e. The first-order valence-electron chi connectivity index (χ1n) is 9.68. The fourth-order valence-corrected chi connectivity index (χ4v) is 4.04. The summed E-state index contributed by atoms with van der Waals surface area (Å²) in [7, 11) is 0. The molecule has 3 aromatic heterocycles. The van der Waals surface area contributed by atoms with Gasteiger partial charge < -0.3 is 10.3 Å². The van der Waals surface area contributed by atoms with Crippen LogP contribution in [-0.4, -0.2) is 32.8 Å². The molecular formula is C22H22FN5. The Morgan fingerprint density at radius 2 is 1.96 bits per heavy atom. The standard InChI is InChI=1S/C22H22FN5/c1-14-18(3-2-4-21(14)23)20-12-26-22-19(20)9-15(10-25-22)16-11-27-28(13-16)17-5-7-24-8-6-17/h2-4,9-13,17,24H,5-8H2,1H3,(H,25,26). The van der Waals surface area contributed by atoms with Gasteiger partial charge in [-0.15, -0.1) is 0 Å².